The molecule has 2 rings (SSSR count). The molecule has 0 amide bonds. The molecule has 1 atom stereocenters. The highest BCUT2D eigenvalue weighted by molar-refractivity contribution is 5.67. The van der Waals surface area contributed by atoms with E-state index in [0.29, 0.717) is 6.61 Å². The monoisotopic (exact) mass is 260 g/mol. The van der Waals surface area contributed by atoms with Gasteiger partial charge in [0.05, 0.1) is 13.2 Å². The average Bonchev–Trinajstić information content (AvgIpc) is 2.45. The second kappa shape index (κ2) is 6.88. The van der Waals surface area contributed by atoms with Crippen molar-refractivity contribution in [3.8, 4) is 0 Å². The third kappa shape index (κ3) is 3.68. The summed E-state index contributed by atoms with van der Waals surface area (Å²) >= 11 is 0. The molecular weight excluding hydrogens is 236 g/mol. The summed E-state index contributed by atoms with van der Waals surface area (Å²) in [5.41, 5.74) is 5.00. The first kappa shape index (κ1) is 14.3. The predicted molar refractivity (Wildman–Crippen MR) is 78.9 cm³/mol. The van der Waals surface area contributed by atoms with Gasteiger partial charge in [-0.3, -0.25) is 0 Å². The zero-order valence-corrected chi connectivity index (χ0v) is 12.0. The van der Waals surface area contributed by atoms with Crippen LogP contribution in [0.4, 0.5) is 0 Å². The van der Waals surface area contributed by atoms with E-state index in [2.05, 4.69) is 31.2 Å². The van der Waals surface area contributed by atoms with Crippen molar-refractivity contribution in [2.24, 2.45) is 5.92 Å². The molecule has 0 aromatic heterocycles. The number of hydrogen-bond acceptors (Lipinski definition) is 2. The van der Waals surface area contributed by atoms with Crippen LogP contribution in [-0.2, 0) is 17.8 Å². The van der Waals surface area contributed by atoms with Gasteiger partial charge in [0.15, 0.2) is 0 Å². The van der Waals surface area contributed by atoms with E-state index in [-0.39, 0.29) is 6.61 Å². The Balaban J connectivity index is 2.22. The van der Waals surface area contributed by atoms with Crippen LogP contribution in [0, 0.1) is 5.92 Å². The van der Waals surface area contributed by atoms with Gasteiger partial charge in [0.1, 0.15) is 0 Å². The molecule has 19 heavy (non-hydrogen) atoms. The second-order valence-electron chi connectivity index (χ2n) is 5.49. The fraction of sp³-hybridized carbons (Fsp3) is 0.529. The van der Waals surface area contributed by atoms with E-state index in [1.165, 1.54) is 36.0 Å². The zero-order chi connectivity index (χ0) is 13.7. The SMILES string of the molecule is COCCc1cc(C2=CCC(C)CC2)ccc1CO. The Morgan fingerprint density at radius 1 is 1.32 bits per heavy atom. The Morgan fingerprint density at radius 3 is 2.79 bits per heavy atom. The van der Waals surface area contributed by atoms with Gasteiger partial charge < -0.3 is 9.84 Å². The molecule has 1 aromatic rings. The average molecular weight is 260 g/mol. The molecule has 1 aliphatic carbocycles. The first-order valence-corrected chi connectivity index (χ1v) is 7.15. The molecule has 104 valence electrons. The van der Waals surface area contributed by atoms with Crippen LogP contribution < -0.4 is 0 Å². The molecule has 0 heterocycles. The highest BCUT2D eigenvalue weighted by atomic mass is 16.5. The Hall–Kier alpha value is -1.12. The van der Waals surface area contributed by atoms with Gasteiger partial charge in [0, 0.05) is 7.11 Å². The van der Waals surface area contributed by atoms with E-state index < -0.39 is 0 Å². The van der Waals surface area contributed by atoms with Gasteiger partial charge in [-0.15, -0.1) is 0 Å². The molecule has 0 aliphatic heterocycles. The van der Waals surface area contributed by atoms with E-state index in [1.54, 1.807) is 7.11 Å². The van der Waals surface area contributed by atoms with Crippen molar-refractivity contribution in [3.63, 3.8) is 0 Å². The van der Waals surface area contributed by atoms with E-state index in [1.807, 2.05) is 0 Å². The molecular formula is C17H24O2. The molecule has 0 spiro atoms. The smallest absolute Gasteiger partial charge is 0.0684 e. The van der Waals surface area contributed by atoms with E-state index in [9.17, 15) is 5.11 Å². The van der Waals surface area contributed by atoms with E-state index >= 15 is 0 Å². The van der Waals surface area contributed by atoms with Crippen LogP contribution in [0.5, 0.6) is 0 Å². The van der Waals surface area contributed by atoms with Crippen LogP contribution in [0.3, 0.4) is 0 Å². The quantitative estimate of drug-likeness (QED) is 0.877. The minimum absolute atomic E-state index is 0.107. The summed E-state index contributed by atoms with van der Waals surface area (Å²) in [4.78, 5) is 0. The number of benzene rings is 1. The summed E-state index contributed by atoms with van der Waals surface area (Å²) in [5, 5.41) is 9.40. The Labute approximate surface area is 116 Å². The normalized spacial score (nSPS) is 19.3. The summed E-state index contributed by atoms with van der Waals surface area (Å²) in [6.45, 7) is 3.12. The number of hydrogen-bond donors (Lipinski definition) is 1. The maximum Gasteiger partial charge on any atom is 0.0684 e. The van der Waals surface area contributed by atoms with Crippen molar-refractivity contribution in [1.29, 1.82) is 0 Å². The van der Waals surface area contributed by atoms with Gasteiger partial charge in [-0.1, -0.05) is 31.2 Å². The standard InChI is InChI=1S/C17H24O2/c1-13-3-5-14(6-4-13)15-7-8-17(12-18)16(11-15)9-10-19-2/h5,7-8,11,13,18H,3-4,6,9-10,12H2,1-2H3. The summed E-state index contributed by atoms with van der Waals surface area (Å²) in [6.07, 6.45) is 6.88. The van der Waals surface area contributed by atoms with Crippen molar-refractivity contribution in [3.05, 3.63) is 41.0 Å². The number of methoxy groups -OCH3 is 1. The number of ether oxygens (including phenoxy) is 1. The molecule has 1 unspecified atom stereocenters. The summed E-state index contributed by atoms with van der Waals surface area (Å²) in [5.74, 6) is 0.813. The Bertz CT molecular complexity index is 449. The van der Waals surface area contributed by atoms with Crippen LogP contribution in [0.2, 0.25) is 0 Å². The topological polar surface area (TPSA) is 29.5 Å². The van der Waals surface area contributed by atoms with Crippen molar-refractivity contribution in [2.75, 3.05) is 13.7 Å². The van der Waals surface area contributed by atoms with Crippen LogP contribution in [0.1, 0.15) is 42.9 Å². The van der Waals surface area contributed by atoms with Gasteiger partial charge in [0.2, 0.25) is 0 Å². The first-order valence-electron chi connectivity index (χ1n) is 7.15. The molecule has 0 bridgehead atoms. The maximum absolute atomic E-state index is 9.40. The molecule has 1 aliphatic rings. The van der Waals surface area contributed by atoms with E-state index in [0.717, 1.165) is 17.9 Å². The van der Waals surface area contributed by atoms with Crippen LogP contribution >= 0.6 is 0 Å². The number of allylic oxidation sites excluding steroid dienone is 2. The number of aliphatic hydroxyl groups excluding tert-OH is 1. The van der Waals surface area contributed by atoms with Crippen molar-refractivity contribution in [2.45, 2.75) is 39.2 Å². The molecule has 0 radical (unpaired) electrons. The Morgan fingerprint density at radius 2 is 2.16 bits per heavy atom. The summed E-state index contributed by atoms with van der Waals surface area (Å²) in [6, 6.07) is 6.43. The Kier molecular flexibility index (Phi) is 5.17. The van der Waals surface area contributed by atoms with Crippen molar-refractivity contribution in [1.82, 2.24) is 0 Å². The lowest BCUT2D eigenvalue weighted by molar-refractivity contribution is 0.201. The highest BCUT2D eigenvalue weighted by Crippen LogP contribution is 2.31. The lowest BCUT2D eigenvalue weighted by Crippen LogP contribution is -2.04. The van der Waals surface area contributed by atoms with Gasteiger partial charge in [-0.25, -0.2) is 0 Å². The van der Waals surface area contributed by atoms with Gasteiger partial charge in [-0.2, -0.15) is 0 Å². The number of rotatable bonds is 5. The largest absolute Gasteiger partial charge is 0.392 e. The summed E-state index contributed by atoms with van der Waals surface area (Å²) < 4.78 is 5.15. The molecule has 0 saturated heterocycles. The van der Waals surface area contributed by atoms with Crippen molar-refractivity contribution < 1.29 is 9.84 Å². The lowest BCUT2D eigenvalue weighted by Gasteiger charge is -2.19. The molecule has 2 heteroatoms. The number of aliphatic hydroxyl groups is 1. The van der Waals surface area contributed by atoms with Crippen LogP contribution in [0.25, 0.3) is 5.57 Å². The highest BCUT2D eigenvalue weighted by Gasteiger charge is 2.12. The molecule has 1 aromatic carbocycles. The van der Waals surface area contributed by atoms with Gasteiger partial charge >= 0.3 is 0 Å². The molecule has 0 saturated carbocycles. The maximum atomic E-state index is 9.40. The zero-order valence-electron chi connectivity index (χ0n) is 12.0. The predicted octanol–water partition coefficient (Wildman–Crippen LogP) is 3.57. The first-order chi connectivity index (χ1) is 9.24. The summed E-state index contributed by atoms with van der Waals surface area (Å²) in [7, 11) is 1.72. The lowest BCUT2D eigenvalue weighted by atomic mass is 9.86. The minimum Gasteiger partial charge on any atom is -0.392 e. The molecule has 1 N–H and O–H groups in total. The fourth-order valence-corrected chi connectivity index (χ4v) is 2.65. The third-order valence-corrected chi connectivity index (χ3v) is 4.00. The molecule has 0 fully saturated rings. The van der Waals surface area contributed by atoms with Crippen LogP contribution in [0.15, 0.2) is 24.3 Å². The fourth-order valence-electron chi connectivity index (χ4n) is 2.65. The van der Waals surface area contributed by atoms with Crippen LogP contribution in [-0.4, -0.2) is 18.8 Å². The minimum atomic E-state index is 0.107. The van der Waals surface area contributed by atoms with Crippen molar-refractivity contribution >= 4 is 5.57 Å². The third-order valence-electron chi connectivity index (χ3n) is 4.00. The second-order valence-corrected chi connectivity index (χ2v) is 5.49. The van der Waals surface area contributed by atoms with Gasteiger partial charge in [0.25, 0.3) is 0 Å². The molecule has 2 nitrogen and oxygen atoms in total. The van der Waals surface area contributed by atoms with E-state index in [4.69, 9.17) is 4.74 Å². The van der Waals surface area contributed by atoms with Gasteiger partial charge in [-0.05, 0) is 53.9 Å².